The Balaban J connectivity index is 0.000000240. The van der Waals surface area contributed by atoms with E-state index in [2.05, 4.69) is 0 Å². The number of carboxylic acid groups (broad SMARTS) is 2. The minimum atomic E-state index is -1.32. The Morgan fingerprint density at radius 3 is 1.00 bits per heavy atom. The number of carbonyl (C=O) groups is 2. The van der Waals surface area contributed by atoms with Gasteiger partial charge in [0.2, 0.25) is 0 Å². The molecule has 0 unspecified atom stereocenters. The van der Waals surface area contributed by atoms with E-state index in [9.17, 15) is 19.8 Å². The molecule has 0 heterocycles. The Morgan fingerprint density at radius 2 is 0.833 bits per heavy atom. The van der Waals surface area contributed by atoms with Gasteiger partial charge < -0.3 is 40.9 Å². The molecule has 10 nitrogen and oxygen atoms in total. The van der Waals surface area contributed by atoms with Crippen LogP contribution in [0.3, 0.4) is 0 Å². The Labute approximate surface area is 133 Å². The second-order valence-corrected chi connectivity index (χ2v) is 4.30. The summed E-state index contributed by atoms with van der Waals surface area (Å²) in [5.74, 6) is -7.67. The lowest BCUT2D eigenvalue weighted by Crippen LogP contribution is -1.98. The number of aromatic carboxylic acids is 2. The number of hydrogen-bond acceptors (Lipinski definition) is 8. The molecule has 0 aromatic heterocycles. The summed E-state index contributed by atoms with van der Waals surface area (Å²) in [6.45, 7) is 0. The zero-order valence-electron chi connectivity index (χ0n) is 11.6. The van der Waals surface area contributed by atoms with Crippen molar-refractivity contribution in [2.45, 2.75) is 0 Å². The Morgan fingerprint density at radius 1 is 0.625 bits per heavy atom. The molecule has 2 aromatic rings. The van der Waals surface area contributed by atoms with Crippen LogP contribution in [0.2, 0.25) is 0 Å². The minimum Gasteiger partial charge on any atom is -0.867 e. The summed E-state index contributed by atoms with van der Waals surface area (Å²) >= 11 is 0. The van der Waals surface area contributed by atoms with Crippen molar-refractivity contribution in [1.29, 1.82) is 0 Å². The van der Waals surface area contributed by atoms with E-state index in [4.69, 9.17) is 30.6 Å². The lowest BCUT2D eigenvalue weighted by Gasteiger charge is -2.10. The first kappa shape index (κ1) is 18.2. The zero-order chi connectivity index (χ0) is 18.6. The number of carboxylic acids is 2. The maximum Gasteiger partial charge on any atom is 0.335 e. The van der Waals surface area contributed by atoms with Crippen LogP contribution in [-0.2, 0) is 0 Å². The van der Waals surface area contributed by atoms with Gasteiger partial charge in [-0.2, -0.15) is 0 Å². The predicted octanol–water partition coefficient (Wildman–Crippen LogP) is -0.261. The minimum absolute atomic E-state index is 0.329. The van der Waals surface area contributed by atoms with Gasteiger partial charge in [0.15, 0.2) is 0 Å². The highest BCUT2D eigenvalue weighted by Crippen LogP contribution is 2.33. The molecule has 2 aromatic carbocycles. The average Bonchev–Trinajstić information content (AvgIpc) is 2.49. The van der Waals surface area contributed by atoms with Crippen LogP contribution in [-0.4, -0.2) is 42.6 Å². The van der Waals surface area contributed by atoms with Gasteiger partial charge in [-0.05, 0) is 35.8 Å². The molecule has 6 N–H and O–H groups in total. The highest BCUT2D eigenvalue weighted by Gasteiger charge is 2.07. The van der Waals surface area contributed by atoms with Crippen molar-refractivity contribution in [3.8, 4) is 34.5 Å². The molecule has 0 fully saturated rings. The van der Waals surface area contributed by atoms with Gasteiger partial charge in [-0.1, -0.05) is 0 Å². The van der Waals surface area contributed by atoms with E-state index in [-0.39, 0.29) is 11.1 Å². The van der Waals surface area contributed by atoms with E-state index in [0.29, 0.717) is 0 Å². The van der Waals surface area contributed by atoms with Crippen molar-refractivity contribution in [2.24, 2.45) is 0 Å². The summed E-state index contributed by atoms with van der Waals surface area (Å²) in [6.07, 6.45) is 0. The van der Waals surface area contributed by atoms with Crippen molar-refractivity contribution in [1.82, 2.24) is 0 Å². The first-order valence-corrected chi connectivity index (χ1v) is 5.97. The fraction of sp³-hybridized carbons (Fsp3) is 0. The molecule has 0 spiro atoms. The largest absolute Gasteiger partial charge is 0.867 e. The number of phenols is 4. The quantitative estimate of drug-likeness (QED) is 0.423. The predicted molar refractivity (Wildman–Crippen MR) is 72.4 cm³/mol. The number of phenolic OH excluding ortho intramolecular Hbond substituents is 4. The molecule has 0 saturated heterocycles. The first-order chi connectivity index (χ1) is 11.0. The maximum absolute atomic E-state index is 10.7. The topological polar surface area (TPSA) is 202 Å². The SMILES string of the molecule is O=C(O)c1cc(O)c([O-])c(O)c1.O=C(O)c1cc(O)c([O-])c(O)c1. The van der Waals surface area contributed by atoms with Crippen LogP contribution in [0.1, 0.15) is 20.7 Å². The number of benzene rings is 2. The summed E-state index contributed by atoms with van der Waals surface area (Å²) in [5.41, 5.74) is -0.658. The highest BCUT2D eigenvalue weighted by atomic mass is 16.4. The van der Waals surface area contributed by atoms with Crippen LogP contribution in [0.25, 0.3) is 0 Å². The molecule has 0 saturated carbocycles. The third-order valence-corrected chi connectivity index (χ3v) is 2.59. The van der Waals surface area contributed by atoms with Crippen LogP contribution >= 0.6 is 0 Å². The zero-order valence-corrected chi connectivity index (χ0v) is 11.6. The van der Waals surface area contributed by atoms with Crippen molar-refractivity contribution >= 4 is 11.9 Å². The molecule has 0 aliphatic rings. The van der Waals surface area contributed by atoms with E-state index < -0.39 is 46.4 Å². The molecule has 10 heteroatoms. The Kier molecular flexibility index (Phi) is 5.29. The monoisotopic (exact) mass is 338 g/mol. The Hall–Kier alpha value is -3.82. The van der Waals surface area contributed by atoms with Crippen molar-refractivity contribution in [3.63, 3.8) is 0 Å². The van der Waals surface area contributed by atoms with Gasteiger partial charge in [0.25, 0.3) is 0 Å². The van der Waals surface area contributed by atoms with E-state index in [0.717, 1.165) is 24.3 Å². The van der Waals surface area contributed by atoms with Gasteiger partial charge >= 0.3 is 11.9 Å². The summed E-state index contributed by atoms with van der Waals surface area (Å²) in [6, 6.07) is 3.13. The standard InChI is InChI=1S/2C7H6O5/c2*8-4-1-3(7(11)12)2-5(9)6(4)10/h2*1-2,8-10H,(H,11,12)/p-2. The fourth-order valence-corrected chi connectivity index (χ4v) is 1.44. The van der Waals surface area contributed by atoms with Gasteiger partial charge in [-0.3, -0.25) is 0 Å². The van der Waals surface area contributed by atoms with E-state index in [1.54, 1.807) is 0 Å². The molecule has 0 amide bonds. The van der Waals surface area contributed by atoms with Gasteiger partial charge in [0.05, 0.1) is 11.1 Å². The van der Waals surface area contributed by atoms with Crippen LogP contribution in [0.15, 0.2) is 24.3 Å². The van der Waals surface area contributed by atoms with Crippen molar-refractivity contribution < 1.29 is 50.4 Å². The van der Waals surface area contributed by atoms with Crippen LogP contribution in [0.4, 0.5) is 0 Å². The second-order valence-electron chi connectivity index (χ2n) is 4.30. The third kappa shape index (κ3) is 4.10. The molecule has 24 heavy (non-hydrogen) atoms. The molecule has 0 radical (unpaired) electrons. The number of aromatic hydroxyl groups is 4. The molecular formula is C14H10O10-2. The molecule has 0 bridgehead atoms. The maximum atomic E-state index is 10.7. The fourth-order valence-electron chi connectivity index (χ4n) is 1.44. The van der Waals surface area contributed by atoms with Crippen LogP contribution in [0.5, 0.6) is 34.5 Å². The molecular weight excluding hydrogens is 328 g/mol. The first-order valence-electron chi connectivity index (χ1n) is 5.97. The van der Waals surface area contributed by atoms with Crippen molar-refractivity contribution in [2.75, 3.05) is 0 Å². The normalized spacial score (nSPS) is 9.67. The summed E-state index contributed by atoms with van der Waals surface area (Å²) in [5, 5.41) is 73.3. The average molecular weight is 338 g/mol. The molecule has 0 aliphatic carbocycles. The van der Waals surface area contributed by atoms with Gasteiger partial charge in [-0.15, -0.1) is 0 Å². The van der Waals surface area contributed by atoms with Crippen LogP contribution in [0, 0.1) is 0 Å². The van der Waals surface area contributed by atoms with Crippen LogP contribution < -0.4 is 10.2 Å². The van der Waals surface area contributed by atoms with Gasteiger partial charge in [0.1, 0.15) is 23.0 Å². The third-order valence-electron chi connectivity index (χ3n) is 2.59. The lowest BCUT2D eigenvalue weighted by atomic mass is 10.2. The molecule has 2 rings (SSSR count). The summed E-state index contributed by atoms with van der Waals surface area (Å²) in [7, 11) is 0. The van der Waals surface area contributed by atoms with Crippen molar-refractivity contribution in [3.05, 3.63) is 35.4 Å². The van der Waals surface area contributed by atoms with E-state index >= 15 is 0 Å². The molecule has 128 valence electrons. The highest BCUT2D eigenvalue weighted by molar-refractivity contribution is 5.89. The summed E-state index contributed by atoms with van der Waals surface area (Å²) < 4.78 is 0. The number of rotatable bonds is 2. The molecule has 0 aliphatic heterocycles. The lowest BCUT2D eigenvalue weighted by molar-refractivity contribution is -0.272. The second kappa shape index (κ2) is 6.96. The van der Waals surface area contributed by atoms with Gasteiger partial charge in [0, 0.05) is 0 Å². The summed E-state index contributed by atoms with van der Waals surface area (Å²) in [4.78, 5) is 20.6. The van der Waals surface area contributed by atoms with Gasteiger partial charge in [-0.25, -0.2) is 9.59 Å². The Bertz CT molecular complexity index is 683. The van der Waals surface area contributed by atoms with E-state index in [1.807, 2.05) is 0 Å². The molecule has 0 atom stereocenters. The smallest absolute Gasteiger partial charge is 0.335 e. The number of hydrogen-bond donors (Lipinski definition) is 6. The van der Waals surface area contributed by atoms with E-state index in [1.165, 1.54) is 0 Å².